The molecule has 0 amide bonds. The lowest BCUT2D eigenvalue weighted by molar-refractivity contribution is -0.126. The SMILES string of the molecule is CC1=C[C@@H]2[C@@H](C(C)C)CC[C@@](C)(O)[C@H]2CC1=O. The van der Waals surface area contributed by atoms with Gasteiger partial charge in [-0.1, -0.05) is 19.9 Å². The lowest BCUT2D eigenvalue weighted by Crippen LogP contribution is -2.49. The molecule has 0 spiro atoms. The highest BCUT2D eigenvalue weighted by Gasteiger charge is 2.47. The van der Waals surface area contributed by atoms with Crippen LogP contribution in [0.4, 0.5) is 0 Å². The van der Waals surface area contributed by atoms with Crippen LogP contribution in [0.1, 0.15) is 47.0 Å². The summed E-state index contributed by atoms with van der Waals surface area (Å²) in [6.45, 7) is 8.32. The number of Topliss-reactive ketones (excluding diaryl/α,β-unsaturated/α-hetero) is 1. The summed E-state index contributed by atoms with van der Waals surface area (Å²) in [5.74, 6) is 1.96. The summed E-state index contributed by atoms with van der Waals surface area (Å²) in [4.78, 5) is 11.8. The van der Waals surface area contributed by atoms with Gasteiger partial charge in [0, 0.05) is 12.3 Å². The van der Waals surface area contributed by atoms with E-state index >= 15 is 0 Å². The number of rotatable bonds is 1. The van der Waals surface area contributed by atoms with E-state index in [0.717, 1.165) is 18.4 Å². The van der Waals surface area contributed by atoms with Crippen molar-refractivity contribution in [3.8, 4) is 0 Å². The van der Waals surface area contributed by atoms with Crippen molar-refractivity contribution in [3.05, 3.63) is 11.6 Å². The summed E-state index contributed by atoms with van der Waals surface area (Å²) in [6.07, 6.45) is 4.57. The molecule has 0 aromatic heterocycles. The fraction of sp³-hybridized carbons (Fsp3) is 0.800. The van der Waals surface area contributed by atoms with Gasteiger partial charge in [-0.25, -0.2) is 0 Å². The Morgan fingerprint density at radius 3 is 2.71 bits per heavy atom. The van der Waals surface area contributed by atoms with E-state index in [1.54, 1.807) is 0 Å². The normalized spacial score (nSPS) is 42.4. The van der Waals surface area contributed by atoms with Crippen molar-refractivity contribution in [2.75, 3.05) is 0 Å². The second-order valence-corrected chi connectivity index (χ2v) is 6.46. The van der Waals surface area contributed by atoms with Crippen LogP contribution in [0.15, 0.2) is 11.6 Å². The van der Waals surface area contributed by atoms with Gasteiger partial charge < -0.3 is 5.11 Å². The summed E-state index contributed by atoms with van der Waals surface area (Å²) in [6, 6.07) is 0. The molecule has 1 fully saturated rings. The summed E-state index contributed by atoms with van der Waals surface area (Å²) in [5, 5.41) is 10.5. The minimum atomic E-state index is -0.664. The smallest absolute Gasteiger partial charge is 0.158 e. The van der Waals surface area contributed by atoms with Crippen molar-refractivity contribution in [3.63, 3.8) is 0 Å². The van der Waals surface area contributed by atoms with Crippen LogP contribution < -0.4 is 0 Å². The number of carbonyl (C=O) groups is 1. The van der Waals surface area contributed by atoms with E-state index in [2.05, 4.69) is 19.9 Å². The Hall–Kier alpha value is -0.630. The van der Waals surface area contributed by atoms with E-state index in [0.29, 0.717) is 24.2 Å². The molecule has 0 aromatic rings. The molecule has 17 heavy (non-hydrogen) atoms. The second-order valence-electron chi connectivity index (χ2n) is 6.46. The number of carbonyl (C=O) groups excluding carboxylic acids is 1. The Balaban J connectivity index is 2.35. The molecule has 2 aliphatic carbocycles. The molecule has 4 atom stereocenters. The highest BCUT2D eigenvalue weighted by Crippen LogP contribution is 2.48. The van der Waals surface area contributed by atoms with Gasteiger partial charge in [-0.15, -0.1) is 0 Å². The monoisotopic (exact) mass is 236 g/mol. The van der Waals surface area contributed by atoms with E-state index in [4.69, 9.17) is 0 Å². The highest BCUT2D eigenvalue weighted by atomic mass is 16.3. The fourth-order valence-corrected chi connectivity index (χ4v) is 3.67. The van der Waals surface area contributed by atoms with Gasteiger partial charge in [0.05, 0.1) is 5.60 Å². The third-order valence-corrected chi connectivity index (χ3v) is 4.89. The van der Waals surface area contributed by atoms with Gasteiger partial charge in [0.25, 0.3) is 0 Å². The second kappa shape index (κ2) is 4.24. The van der Waals surface area contributed by atoms with Crippen LogP contribution in [-0.2, 0) is 4.79 Å². The first kappa shape index (κ1) is 12.8. The van der Waals surface area contributed by atoms with E-state index in [9.17, 15) is 9.90 Å². The maximum atomic E-state index is 11.8. The zero-order valence-electron chi connectivity index (χ0n) is 11.4. The molecular formula is C15H24O2. The molecule has 2 nitrogen and oxygen atoms in total. The number of allylic oxidation sites excluding steroid dienone is 2. The number of aliphatic hydroxyl groups is 1. The fourth-order valence-electron chi connectivity index (χ4n) is 3.67. The topological polar surface area (TPSA) is 37.3 Å². The van der Waals surface area contributed by atoms with Gasteiger partial charge in [0.2, 0.25) is 0 Å². The summed E-state index contributed by atoms with van der Waals surface area (Å²) in [5.41, 5.74) is 0.234. The molecule has 1 saturated carbocycles. The van der Waals surface area contributed by atoms with E-state index < -0.39 is 5.60 Å². The van der Waals surface area contributed by atoms with Crippen LogP contribution in [0.2, 0.25) is 0 Å². The molecule has 0 unspecified atom stereocenters. The molecule has 0 bridgehead atoms. The van der Waals surface area contributed by atoms with E-state index in [1.165, 1.54) is 0 Å². The van der Waals surface area contributed by atoms with Crippen LogP contribution in [0.5, 0.6) is 0 Å². The van der Waals surface area contributed by atoms with Crippen molar-refractivity contribution in [1.29, 1.82) is 0 Å². The van der Waals surface area contributed by atoms with Gasteiger partial charge in [0.15, 0.2) is 5.78 Å². The van der Waals surface area contributed by atoms with Gasteiger partial charge in [-0.3, -0.25) is 4.79 Å². The number of hydrogen-bond donors (Lipinski definition) is 1. The van der Waals surface area contributed by atoms with Crippen molar-refractivity contribution in [2.24, 2.45) is 23.7 Å². The highest BCUT2D eigenvalue weighted by molar-refractivity contribution is 5.95. The molecule has 1 N–H and O–H groups in total. The number of ketones is 1. The molecule has 0 radical (unpaired) electrons. The molecule has 0 saturated heterocycles. The molecule has 0 heterocycles. The first-order chi connectivity index (χ1) is 7.83. The Kier molecular flexibility index (Phi) is 3.19. The quantitative estimate of drug-likeness (QED) is 0.760. The zero-order valence-corrected chi connectivity index (χ0v) is 11.4. The Bertz CT molecular complexity index is 352. The van der Waals surface area contributed by atoms with Gasteiger partial charge >= 0.3 is 0 Å². The van der Waals surface area contributed by atoms with Crippen LogP contribution in [-0.4, -0.2) is 16.5 Å². The summed E-state index contributed by atoms with van der Waals surface area (Å²) in [7, 11) is 0. The molecule has 2 heteroatoms. The predicted octanol–water partition coefficient (Wildman–Crippen LogP) is 2.95. The molecule has 0 aliphatic heterocycles. The molecule has 96 valence electrons. The first-order valence-corrected chi connectivity index (χ1v) is 6.77. The third kappa shape index (κ3) is 2.20. The standard InChI is InChI=1S/C15H24O2/c1-9(2)11-5-6-15(4,17)13-8-14(16)10(3)7-12(11)13/h7,9,11-13,17H,5-6,8H2,1-4H3/t11-,12-,13+,15-/m1/s1. The van der Waals surface area contributed by atoms with Crippen molar-refractivity contribution >= 4 is 5.78 Å². The van der Waals surface area contributed by atoms with Gasteiger partial charge in [-0.05, 0) is 50.0 Å². The molecular weight excluding hydrogens is 212 g/mol. The van der Waals surface area contributed by atoms with Crippen LogP contribution in [0.25, 0.3) is 0 Å². The molecule has 2 aliphatic rings. The van der Waals surface area contributed by atoms with Crippen molar-refractivity contribution in [2.45, 2.75) is 52.6 Å². The lowest BCUT2D eigenvalue weighted by atomic mass is 9.58. The predicted molar refractivity (Wildman–Crippen MR) is 68.5 cm³/mol. The van der Waals surface area contributed by atoms with Gasteiger partial charge in [-0.2, -0.15) is 0 Å². The van der Waals surface area contributed by atoms with Crippen LogP contribution >= 0.6 is 0 Å². The maximum Gasteiger partial charge on any atom is 0.158 e. The minimum Gasteiger partial charge on any atom is -0.390 e. The lowest BCUT2D eigenvalue weighted by Gasteiger charge is -2.49. The minimum absolute atomic E-state index is 0.125. The molecule has 0 aromatic carbocycles. The van der Waals surface area contributed by atoms with E-state index in [-0.39, 0.29) is 11.7 Å². The number of fused-ring (bicyclic) bond motifs is 1. The van der Waals surface area contributed by atoms with E-state index in [1.807, 2.05) is 13.8 Å². The van der Waals surface area contributed by atoms with Crippen LogP contribution in [0, 0.1) is 23.7 Å². The third-order valence-electron chi connectivity index (χ3n) is 4.89. The van der Waals surface area contributed by atoms with Crippen molar-refractivity contribution < 1.29 is 9.90 Å². The molecule has 2 rings (SSSR count). The summed E-state index contributed by atoms with van der Waals surface area (Å²) >= 11 is 0. The summed E-state index contributed by atoms with van der Waals surface area (Å²) < 4.78 is 0. The maximum absolute atomic E-state index is 11.8. The van der Waals surface area contributed by atoms with Gasteiger partial charge in [0.1, 0.15) is 0 Å². The average molecular weight is 236 g/mol. The van der Waals surface area contributed by atoms with Crippen molar-refractivity contribution in [1.82, 2.24) is 0 Å². The Labute approximate surface area is 104 Å². The number of hydrogen-bond acceptors (Lipinski definition) is 2. The Morgan fingerprint density at radius 2 is 2.12 bits per heavy atom. The van der Waals surface area contributed by atoms with Crippen LogP contribution in [0.3, 0.4) is 0 Å². The first-order valence-electron chi connectivity index (χ1n) is 6.77. The largest absolute Gasteiger partial charge is 0.390 e. The average Bonchev–Trinajstić information content (AvgIpc) is 2.20. The zero-order chi connectivity index (χ0) is 12.8. The Morgan fingerprint density at radius 1 is 1.47 bits per heavy atom.